The number of hydrogen-bond donors (Lipinski definition) is 3. The third kappa shape index (κ3) is 5.34. The summed E-state index contributed by atoms with van der Waals surface area (Å²) in [6, 6.07) is 6.44. The number of fused-ring (bicyclic) bond motifs is 3. The summed E-state index contributed by atoms with van der Waals surface area (Å²) in [5, 5.41) is 21.2. The summed E-state index contributed by atoms with van der Waals surface area (Å²) in [4.78, 5) is 7.10. The number of anilines is 2. The molecule has 0 atom stereocenters. The van der Waals surface area contributed by atoms with E-state index in [1.165, 1.54) is 16.8 Å². The summed E-state index contributed by atoms with van der Waals surface area (Å²) in [7, 11) is 0. The van der Waals surface area contributed by atoms with Crippen LogP contribution in [0.4, 0.5) is 11.5 Å². The van der Waals surface area contributed by atoms with E-state index in [4.69, 9.17) is 10.7 Å². The number of nitrogens with two attached hydrogens (primary N) is 1. The summed E-state index contributed by atoms with van der Waals surface area (Å²) < 4.78 is 0. The monoisotopic (exact) mass is 431 g/mol. The second-order valence-electron chi connectivity index (χ2n) is 9.18. The molecule has 2 aromatic rings. The number of nitrogens with zero attached hydrogens (tertiary/aromatic N) is 2. The van der Waals surface area contributed by atoms with Gasteiger partial charge in [0.2, 0.25) is 0 Å². The Hall–Kier alpha value is -1.51. The number of aromatic nitrogens is 1. The Balaban J connectivity index is 0.00000363. The molecule has 0 amide bonds. The summed E-state index contributed by atoms with van der Waals surface area (Å²) in [6.07, 6.45) is 6.71. The summed E-state index contributed by atoms with van der Waals surface area (Å²) in [5.74, 6) is 0.578. The Morgan fingerprint density at radius 1 is 1.19 bits per heavy atom. The molecular weight excluding hydrogens is 393 g/mol. The predicted molar refractivity (Wildman–Crippen MR) is 130 cm³/mol. The van der Waals surface area contributed by atoms with Crippen molar-refractivity contribution in [1.29, 1.82) is 0 Å². The molecule has 5 nitrogen and oxygen atoms in total. The van der Waals surface area contributed by atoms with Crippen LogP contribution in [0.1, 0.15) is 64.0 Å². The van der Waals surface area contributed by atoms with Crippen LogP contribution < -0.4 is 29.5 Å². The number of hydrogen-bond acceptors (Lipinski definition) is 5. The van der Waals surface area contributed by atoms with E-state index in [0.717, 1.165) is 67.1 Å². The number of aliphatic hydroxyl groups is 2. The molecule has 32 heavy (non-hydrogen) atoms. The number of unbranched alkanes of at least 4 members (excludes halogenated alkanes) is 1. The fourth-order valence-corrected chi connectivity index (χ4v) is 4.53. The van der Waals surface area contributed by atoms with Gasteiger partial charge in [-0.2, -0.15) is 6.42 Å². The van der Waals surface area contributed by atoms with Gasteiger partial charge in [0, 0.05) is 35.0 Å². The molecule has 1 aliphatic rings. The van der Waals surface area contributed by atoms with E-state index < -0.39 is 5.41 Å². The predicted octanol–water partition coefficient (Wildman–Crippen LogP) is 1.80. The number of rotatable bonds is 10. The number of allylic oxidation sites excluding steroid dienone is 2. The molecule has 0 radical (unpaired) electrons. The van der Waals surface area contributed by atoms with Gasteiger partial charge in [-0.15, -0.1) is 0 Å². The van der Waals surface area contributed by atoms with Gasteiger partial charge in [-0.1, -0.05) is 45.7 Å². The van der Waals surface area contributed by atoms with Crippen molar-refractivity contribution >= 4 is 22.4 Å². The zero-order valence-corrected chi connectivity index (χ0v) is 20.4. The molecule has 1 aromatic heterocycles. The fraction of sp³-hybridized carbons (Fsp3) is 0.538. The van der Waals surface area contributed by atoms with E-state index in [-0.39, 0.29) is 32.1 Å². The molecule has 170 valence electrons. The SMILES string of the molecule is [CH2-]CCc1ccc2c3c(c(N)nc2c1)CC(CC)=C(CCCC)N3CC(C)(CO)CO.[Li+]. The van der Waals surface area contributed by atoms with Crippen LogP contribution in [0.2, 0.25) is 0 Å². The summed E-state index contributed by atoms with van der Waals surface area (Å²) in [5.41, 5.74) is 12.9. The average molecular weight is 432 g/mol. The van der Waals surface area contributed by atoms with Crippen molar-refractivity contribution < 1.29 is 29.1 Å². The van der Waals surface area contributed by atoms with Gasteiger partial charge in [0.05, 0.1) is 24.4 Å². The minimum Gasteiger partial charge on any atom is -0.396 e. The van der Waals surface area contributed by atoms with Crippen molar-refractivity contribution in [3.8, 4) is 0 Å². The van der Waals surface area contributed by atoms with Crippen molar-refractivity contribution in [3.05, 3.63) is 47.5 Å². The first-order chi connectivity index (χ1) is 14.9. The van der Waals surface area contributed by atoms with Gasteiger partial charge in [-0.05, 0) is 36.5 Å². The van der Waals surface area contributed by atoms with Crippen LogP contribution in [-0.2, 0) is 12.8 Å². The number of nitrogen functional groups attached to an aromatic ring is 1. The Morgan fingerprint density at radius 3 is 2.50 bits per heavy atom. The van der Waals surface area contributed by atoms with Crippen molar-refractivity contribution in [2.24, 2.45) is 5.41 Å². The zero-order chi connectivity index (χ0) is 22.6. The van der Waals surface area contributed by atoms with Crippen LogP contribution in [0.25, 0.3) is 10.9 Å². The van der Waals surface area contributed by atoms with Crippen LogP contribution in [0, 0.1) is 12.3 Å². The molecule has 0 unspecified atom stereocenters. The van der Waals surface area contributed by atoms with Gasteiger partial charge >= 0.3 is 18.9 Å². The molecule has 0 fully saturated rings. The second kappa shape index (κ2) is 11.6. The minimum atomic E-state index is -0.622. The van der Waals surface area contributed by atoms with Gasteiger partial charge in [0.15, 0.2) is 0 Å². The fourth-order valence-electron chi connectivity index (χ4n) is 4.53. The number of aliphatic hydroxyl groups excluding tert-OH is 2. The largest absolute Gasteiger partial charge is 1.00 e. The van der Waals surface area contributed by atoms with Crippen LogP contribution in [0.15, 0.2) is 29.5 Å². The minimum absolute atomic E-state index is 0. The molecule has 4 N–H and O–H groups in total. The first-order valence-corrected chi connectivity index (χ1v) is 11.6. The van der Waals surface area contributed by atoms with Gasteiger partial charge < -0.3 is 27.8 Å². The van der Waals surface area contributed by atoms with E-state index in [2.05, 4.69) is 43.9 Å². The number of pyridine rings is 1. The topological polar surface area (TPSA) is 82.6 Å². The maximum Gasteiger partial charge on any atom is 1.00 e. The molecule has 0 saturated carbocycles. The van der Waals surface area contributed by atoms with E-state index >= 15 is 0 Å². The molecule has 6 heteroatoms. The maximum atomic E-state index is 10.1. The van der Waals surface area contributed by atoms with Crippen LogP contribution in [0.5, 0.6) is 0 Å². The number of benzene rings is 1. The molecule has 0 bridgehead atoms. The second-order valence-corrected chi connectivity index (χ2v) is 9.18. The third-order valence-corrected chi connectivity index (χ3v) is 6.51. The van der Waals surface area contributed by atoms with Crippen molar-refractivity contribution in [2.75, 3.05) is 30.4 Å². The Kier molecular flexibility index (Phi) is 9.66. The average Bonchev–Trinajstić information content (AvgIpc) is 2.78. The van der Waals surface area contributed by atoms with Crippen molar-refractivity contribution in [3.63, 3.8) is 0 Å². The smallest absolute Gasteiger partial charge is 0.396 e. The van der Waals surface area contributed by atoms with Crippen molar-refractivity contribution in [2.45, 2.75) is 65.7 Å². The maximum absolute atomic E-state index is 10.1. The van der Waals surface area contributed by atoms with Crippen molar-refractivity contribution in [1.82, 2.24) is 4.98 Å². The van der Waals surface area contributed by atoms with E-state index in [1.54, 1.807) is 0 Å². The standard InChI is InChI=1S/C26H38N3O2.Li/c1-5-8-10-23-19(7-3)14-21-24(29(23)15-26(4,16-30)17-31)20-12-11-18(9-6-2)13-22(20)28-25(21)27;/h11-13,30-31H,2,5-10,14-17H2,1,3-4H3,(H2,27,28);/q-1;+1. The van der Waals surface area contributed by atoms with Gasteiger partial charge in [-0.3, -0.25) is 0 Å². The Labute approximate surface area is 205 Å². The summed E-state index contributed by atoms with van der Waals surface area (Å²) in [6.45, 7) is 10.7. The quantitative estimate of drug-likeness (QED) is 0.395. The molecule has 2 heterocycles. The molecular formula is C26H38LiN3O2. The van der Waals surface area contributed by atoms with Crippen LogP contribution in [0.3, 0.4) is 0 Å². The van der Waals surface area contributed by atoms with Gasteiger partial charge in [0.25, 0.3) is 0 Å². The molecule has 0 aliphatic carbocycles. The third-order valence-electron chi connectivity index (χ3n) is 6.51. The molecule has 1 aromatic carbocycles. The molecule has 1 aliphatic heterocycles. The van der Waals surface area contributed by atoms with Crippen LogP contribution in [-0.4, -0.2) is 35.0 Å². The normalized spacial score (nSPS) is 14.0. The Bertz CT molecular complexity index is 954. The van der Waals surface area contributed by atoms with E-state index in [1.807, 2.05) is 6.92 Å². The molecule has 0 spiro atoms. The van der Waals surface area contributed by atoms with Crippen LogP contribution >= 0.6 is 0 Å². The number of aryl methyl sites for hydroxylation is 1. The Morgan fingerprint density at radius 2 is 1.91 bits per heavy atom. The van der Waals surface area contributed by atoms with E-state index in [9.17, 15) is 10.2 Å². The van der Waals surface area contributed by atoms with Gasteiger partial charge in [0.1, 0.15) is 5.82 Å². The van der Waals surface area contributed by atoms with E-state index in [0.29, 0.717) is 12.4 Å². The summed E-state index contributed by atoms with van der Waals surface area (Å²) >= 11 is 0. The first kappa shape index (κ1) is 26.7. The zero-order valence-electron chi connectivity index (χ0n) is 20.4. The molecule has 0 saturated heterocycles. The first-order valence-electron chi connectivity index (χ1n) is 11.6. The van der Waals surface area contributed by atoms with Gasteiger partial charge in [-0.25, -0.2) is 4.98 Å². The molecule has 3 rings (SSSR count).